The Balaban J connectivity index is 1.68. The molecule has 0 spiro atoms. The zero-order chi connectivity index (χ0) is 16.4. The van der Waals surface area contributed by atoms with Crippen LogP contribution in [0.3, 0.4) is 0 Å². The Morgan fingerprint density at radius 1 is 1.35 bits per heavy atom. The van der Waals surface area contributed by atoms with E-state index in [1.165, 1.54) is 11.6 Å². The number of nitrogens with zero attached hydrogens (tertiary/aromatic N) is 3. The molecule has 2 heterocycles. The van der Waals surface area contributed by atoms with Gasteiger partial charge in [0.25, 0.3) is 0 Å². The molecule has 3 rings (SSSR count). The normalized spacial score (nSPS) is 12.5. The Labute approximate surface area is 134 Å². The first-order valence-corrected chi connectivity index (χ1v) is 7.57. The molecule has 0 saturated heterocycles. The van der Waals surface area contributed by atoms with Crippen molar-refractivity contribution in [3.8, 4) is 11.3 Å². The summed E-state index contributed by atoms with van der Waals surface area (Å²) >= 11 is 0. The number of benzene rings is 1. The topological polar surface area (TPSA) is 58.5 Å². The van der Waals surface area contributed by atoms with Crippen molar-refractivity contribution in [2.45, 2.75) is 26.4 Å². The Morgan fingerprint density at radius 3 is 2.83 bits per heavy atom. The summed E-state index contributed by atoms with van der Waals surface area (Å²) in [5.41, 5.74) is 4.22. The fraction of sp³-hybridized carbons (Fsp3) is 0.294. The van der Waals surface area contributed by atoms with E-state index in [1.54, 1.807) is 18.2 Å². The third-order valence-corrected chi connectivity index (χ3v) is 3.90. The van der Waals surface area contributed by atoms with Crippen LogP contribution in [0.2, 0.25) is 0 Å². The molecule has 120 valence electrons. The Morgan fingerprint density at radius 2 is 2.13 bits per heavy atom. The number of rotatable bonds is 5. The van der Waals surface area contributed by atoms with Gasteiger partial charge in [-0.05, 0) is 32.0 Å². The van der Waals surface area contributed by atoms with Gasteiger partial charge in [-0.25, -0.2) is 4.39 Å². The number of nitrogens with one attached hydrogen (secondary N) is 2. The fourth-order valence-electron chi connectivity index (χ4n) is 2.68. The second-order valence-corrected chi connectivity index (χ2v) is 5.70. The third-order valence-electron chi connectivity index (χ3n) is 3.90. The summed E-state index contributed by atoms with van der Waals surface area (Å²) < 4.78 is 15.6. The monoisotopic (exact) mass is 313 g/mol. The van der Waals surface area contributed by atoms with E-state index < -0.39 is 0 Å². The molecule has 0 bridgehead atoms. The molecule has 5 nitrogen and oxygen atoms in total. The largest absolute Gasteiger partial charge is 0.304 e. The van der Waals surface area contributed by atoms with E-state index in [-0.39, 0.29) is 11.9 Å². The van der Waals surface area contributed by atoms with Crippen LogP contribution >= 0.6 is 0 Å². The molecule has 3 aromatic rings. The highest BCUT2D eigenvalue weighted by Gasteiger charge is 2.13. The smallest absolute Gasteiger partial charge is 0.132 e. The summed E-state index contributed by atoms with van der Waals surface area (Å²) in [7, 11) is 1.92. The Kier molecular flexibility index (Phi) is 4.25. The minimum atomic E-state index is -0.266. The van der Waals surface area contributed by atoms with Crippen LogP contribution in [0.25, 0.3) is 11.3 Å². The molecule has 0 radical (unpaired) electrons. The number of aromatic nitrogens is 4. The highest BCUT2D eigenvalue weighted by atomic mass is 19.1. The van der Waals surface area contributed by atoms with Crippen LogP contribution < -0.4 is 5.32 Å². The van der Waals surface area contributed by atoms with Crippen LogP contribution in [0, 0.1) is 12.7 Å². The predicted octanol–water partition coefficient (Wildman–Crippen LogP) is 3.11. The quantitative estimate of drug-likeness (QED) is 0.761. The lowest BCUT2D eigenvalue weighted by molar-refractivity contribution is 0.564. The van der Waals surface area contributed by atoms with Gasteiger partial charge in [0.15, 0.2) is 0 Å². The van der Waals surface area contributed by atoms with Gasteiger partial charge in [0, 0.05) is 42.7 Å². The van der Waals surface area contributed by atoms with E-state index in [4.69, 9.17) is 0 Å². The molecule has 6 heteroatoms. The molecule has 0 fully saturated rings. The van der Waals surface area contributed by atoms with Crippen molar-refractivity contribution in [2.75, 3.05) is 0 Å². The summed E-state index contributed by atoms with van der Waals surface area (Å²) in [6.07, 6.45) is 2.02. The second-order valence-electron chi connectivity index (χ2n) is 5.70. The first-order chi connectivity index (χ1) is 11.0. The summed E-state index contributed by atoms with van der Waals surface area (Å²) in [6.45, 7) is 4.72. The van der Waals surface area contributed by atoms with Gasteiger partial charge in [-0.1, -0.05) is 12.1 Å². The lowest BCUT2D eigenvalue weighted by atomic mass is 10.1. The van der Waals surface area contributed by atoms with Crippen molar-refractivity contribution >= 4 is 0 Å². The average Bonchev–Trinajstić information content (AvgIpc) is 3.12. The maximum atomic E-state index is 13.8. The van der Waals surface area contributed by atoms with Crippen molar-refractivity contribution in [3.63, 3.8) is 0 Å². The number of aryl methyl sites for hydroxylation is 2. The van der Waals surface area contributed by atoms with Crippen LogP contribution in [-0.2, 0) is 13.6 Å². The van der Waals surface area contributed by atoms with E-state index in [1.807, 2.05) is 30.9 Å². The van der Waals surface area contributed by atoms with E-state index in [0.717, 1.165) is 11.4 Å². The van der Waals surface area contributed by atoms with Gasteiger partial charge >= 0.3 is 0 Å². The van der Waals surface area contributed by atoms with Crippen LogP contribution in [0.1, 0.15) is 29.9 Å². The van der Waals surface area contributed by atoms with E-state index in [9.17, 15) is 4.39 Å². The highest BCUT2D eigenvalue weighted by Crippen LogP contribution is 2.21. The maximum absolute atomic E-state index is 13.8. The third kappa shape index (κ3) is 3.32. The van der Waals surface area contributed by atoms with Crippen LogP contribution in [0.5, 0.6) is 0 Å². The molecule has 23 heavy (non-hydrogen) atoms. The average molecular weight is 313 g/mol. The zero-order valence-electron chi connectivity index (χ0n) is 13.5. The molecule has 1 atom stereocenters. The number of aromatic amines is 1. The summed E-state index contributed by atoms with van der Waals surface area (Å²) in [6, 6.07) is 8.68. The number of halogens is 1. The number of hydrogen-bond donors (Lipinski definition) is 2. The van der Waals surface area contributed by atoms with E-state index in [0.29, 0.717) is 17.8 Å². The van der Waals surface area contributed by atoms with E-state index >= 15 is 0 Å². The van der Waals surface area contributed by atoms with Crippen LogP contribution in [-0.4, -0.2) is 20.0 Å². The molecule has 0 aliphatic carbocycles. The SMILES string of the molecule is Cc1nn(C)cc1C(C)NCc1cc(-c2ccccc2F)n[nH]1. The molecule has 0 saturated carbocycles. The Bertz CT molecular complexity index is 805. The zero-order valence-corrected chi connectivity index (χ0v) is 13.5. The first kappa shape index (κ1) is 15.4. The molecule has 0 aliphatic rings. The van der Waals surface area contributed by atoms with Gasteiger partial charge in [-0.15, -0.1) is 0 Å². The van der Waals surface area contributed by atoms with Gasteiger partial charge < -0.3 is 5.32 Å². The van der Waals surface area contributed by atoms with Crippen molar-refractivity contribution in [3.05, 3.63) is 59.3 Å². The predicted molar refractivity (Wildman–Crippen MR) is 87.2 cm³/mol. The Hall–Kier alpha value is -2.47. The minimum absolute atomic E-state index is 0.170. The van der Waals surface area contributed by atoms with Gasteiger partial charge in [-0.2, -0.15) is 10.2 Å². The van der Waals surface area contributed by atoms with Crippen molar-refractivity contribution in [2.24, 2.45) is 7.05 Å². The van der Waals surface area contributed by atoms with Crippen molar-refractivity contribution < 1.29 is 4.39 Å². The van der Waals surface area contributed by atoms with Gasteiger partial charge in [0.1, 0.15) is 5.82 Å². The molecule has 1 aromatic carbocycles. The molecule has 2 N–H and O–H groups in total. The van der Waals surface area contributed by atoms with Crippen LogP contribution in [0.15, 0.2) is 36.5 Å². The number of H-pyrrole nitrogens is 1. The molecule has 0 aliphatic heterocycles. The lowest BCUT2D eigenvalue weighted by Gasteiger charge is -2.11. The molecule has 1 unspecified atom stereocenters. The number of hydrogen-bond acceptors (Lipinski definition) is 3. The molecule has 2 aromatic heterocycles. The van der Waals surface area contributed by atoms with Gasteiger partial charge in [0.2, 0.25) is 0 Å². The van der Waals surface area contributed by atoms with Crippen molar-refractivity contribution in [1.82, 2.24) is 25.3 Å². The summed E-state index contributed by atoms with van der Waals surface area (Å²) in [4.78, 5) is 0. The molecular weight excluding hydrogens is 293 g/mol. The van der Waals surface area contributed by atoms with Gasteiger partial charge in [-0.3, -0.25) is 9.78 Å². The lowest BCUT2D eigenvalue weighted by Crippen LogP contribution is -2.18. The second kappa shape index (κ2) is 6.34. The molecular formula is C17H20FN5. The summed E-state index contributed by atoms with van der Waals surface area (Å²) in [5, 5.41) is 14.9. The first-order valence-electron chi connectivity index (χ1n) is 7.57. The highest BCUT2D eigenvalue weighted by molar-refractivity contribution is 5.59. The van der Waals surface area contributed by atoms with Gasteiger partial charge in [0.05, 0.1) is 11.4 Å². The van der Waals surface area contributed by atoms with E-state index in [2.05, 4.69) is 27.5 Å². The molecule has 0 amide bonds. The summed E-state index contributed by atoms with van der Waals surface area (Å²) in [5.74, 6) is -0.266. The van der Waals surface area contributed by atoms with Crippen molar-refractivity contribution in [1.29, 1.82) is 0 Å². The maximum Gasteiger partial charge on any atom is 0.132 e. The van der Waals surface area contributed by atoms with Crippen LogP contribution in [0.4, 0.5) is 4.39 Å². The fourth-order valence-corrected chi connectivity index (χ4v) is 2.68. The standard InChI is InChI=1S/C17H20FN5/c1-11(15-10-23(3)22-12(15)2)19-9-13-8-17(21-20-13)14-6-4-5-7-16(14)18/h4-8,10-11,19H,9H2,1-3H3,(H,20,21). The minimum Gasteiger partial charge on any atom is -0.304 e.